The summed E-state index contributed by atoms with van der Waals surface area (Å²) in [6.07, 6.45) is 3.14. The van der Waals surface area contributed by atoms with Gasteiger partial charge in [0.1, 0.15) is 0 Å². The molecule has 0 aliphatic carbocycles. The Bertz CT molecular complexity index is 427. The lowest BCUT2D eigenvalue weighted by Crippen LogP contribution is -2.21. The van der Waals surface area contributed by atoms with Crippen LogP contribution in [0.3, 0.4) is 0 Å². The predicted molar refractivity (Wildman–Crippen MR) is 77.6 cm³/mol. The summed E-state index contributed by atoms with van der Waals surface area (Å²) in [6.45, 7) is 8.03. The fourth-order valence-electron chi connectivity index (χ4n) is 1.94. The number of rotatable bonds is 5. The van der Waals surface area contributed by atoms with Crippen LogP contribution in [0.25, 0.3) is 0 Å². The standard InChI is InChI=1S/C15H24N2O/c1-5-6-7-11(3)15(18)17-14-10(2)8-9-13(16)12(14)4/h8-9,11H,5-7,16H2,1-4H3,(H,17,18). The van der Waals surface area contributed by atoms with E-state index in [0.717, 1.165) is 41.8 Å². The van der Waals surface area contributed by atoms with Crippen LogP contribution in [0.2, 0.25) is 0 Å². The maximum absolute atomic E-state index is 12.1. The van der Waals surface area contributed by atoms with Crippen LogP contribution in [0.4, 0.5) is 11.4 Å². The van der Waals surface area contributed by atoms with Gasteiger partial charge >= 0.3 is 0 Å². The Labute approximate surface area is 110 Å². The number of hydrogen-bond acceptors (Lipinski definition) is 2. The fourth-order valence-corrected chi connectivity index (χ4v) is 1.94. The molecule has 0 saturated heterocycles. The lowest BCUT2D eigenvalue weighted by molar-refractivity contribution is -0.119. The first-order valence-corrected chi connectivity index (χ1v) is 6.63. The Morgan fingerprint density at radius 2 is 2.06 bits per heavy atom. The molecule has 1 aromatic carbocycles. The van der Waals surface area contributed by atoms with Gasteiger partial charge in [-0.05, 0) is 37.5 Å². The van der Waals surface area contributed by atoms with Crippen molar-refractivity contribution in [3.8, 4) is 0 Å². The maximum Gasteiger partial charge on any atom is 0.227 e. The van der Waals surface area contributed by atoms with Crippen molar-refractivity contribution in [2.24, 2.45) is 5.92 Å². The molecule has 0 saturated carbocycles. The van der Waals surface area contributed by atoms with Gasteiger partial charge in [0, 0.05) is 17.3 Å². The van der Waals surface area contributed by atoms with Crippen LogP contribution in [0.15, 0.2) is 12.1 Å². The van der Waals surface area contributed by atoms with Gasteiger partial charge in [0.05, 0.1) is 0 Å². The van der Waals surface area contributed by atoms with E-state index < -0.39 is 0 Å². The van der Waals surface area contributed by atoms with Gasteiger partial charge in [0.2, 0.25) is 5.91 Å². The van der Waals surface area contributed by atoms with Gasteiger partial charge in [0.25, 0.3) is 0 Å². The third kappa shape index (κ3) is 3.49. The normalized spacial score (nSPS) is 12.2. The molecule has 1 atom stereocenters. The summed E-state index contributed by atoms with van der Waals surface area (Å²) in [7, 11) is 0. The van der Waals surface area contributed by atoms with Crippen LogP contribution in [-0.2, 0) is 4.79 Å². The summed E-state index contributed by atoms with van der Waals surface area (Å²) in [4.78, 5) is 12.1. The van der Waals surface area contributed by atoms with Crippen molar-refractivity contribution in [1.29, 1.82) is 0 Å². The Hall–Kier alpha value is -1.51. The fraction of sp³-hybridized carbons (Fsp3) is 0.533. The summed E-state index contributed by atoms with van der Waals surface area (Å²) in [5.74, 6) is 0.130. The number of nitrogen functional groups attached to an aromatic ring is 1. The lowest BCUT2D eigenvalue weighted by Gasteiger charge is -2.16. The van der Waals surface area contributed by atoms with E-state index in [-0.39, 0.29) is 11.8 Å². The Balaban J connectivity index is 2.79. The van der Waals surface area contributed by atoms with Crippen LogP contribution < -0.4 is 11.1 Å². The number of nitrogens with two attached hydrogens (primary N) is 1. The van der Waals surface area contributed by atoms with E-state index in [1.807, 2.05) is 32.9 Å². The average Bonchev–Trinajstić information content (AvgIpc) is 2.36. The molecule has 1 amide bonds. The summed E-state index contributed by atoms with van der Waals surface area (Å²) < 4.78 is 0. The minimum Gasteiger partial charge on any atom is -0.398 e. The van der Waals surface area contributed by atoms with Crippen molar-refractivity contribution in [2.45, 2.75) is 47.0 Å². The smallest absolute Gasteiger partial charge is 0.227 e. The van der Waals surface area contributed by atoms with Crippen LogP contribution in [0.1, 0.15) is 44.2 Å². The molecule has 18 heavy (non-hydrogen) atoms. The molecule has 0 spiro atoms. The molecule has 3 N–H and O–H groups in total. The third-order valence-electron chi connectivity index (χ3n) is 3.40. The molecule has 100 valence electrons. The number of amides is 1. The number of nitrogens with one attached hydrogen (secondary N) is 1. The van der Waals surface area contributed by atoms with Gasteiger partial charge in [-0.25, -0.2) is 0 Å². The van der Waals surface area contributed by atoms with E-state index in [0.29, 0.717) is 0 Å². The maximum atomic E-state index is 12.1. The molecule has 0 radical (unpaired) electrons. The average molecular weight is 248 g/mol. The van der Waals surface area contributed by atoms with Gasteiger partial charge in [-0.1, -0.05) is 32.8 Å². The highest BCUT2D eigenvalue weighted by Gasteiger charge is 2.15. The zero-order valence-corrected chi connectivity index (χ0v) is 11.8. The summed E-state index contributed by atoms with van der Waals surface area (Å²) in [6, 6.07) is 3.81. The molecule has 0 aliphatic rings. The second-order valence-electron chi connectivity index (χ2n) is 5.00. The molecule has 1 aromatic rings. The second-order valence-corrected chi connectivity index (χ2v) is 5.00. The van der Waals surface area contributed by atoms with E-state index in [9.17, 15) is 4.79 Å². The SMILES string of the molecule is CCCCC(C)C(=O)Nc1c(C)ccc(N)c1C. The van der Waals surface area contributed by atoms with Crippen LogP contribution in [-0.4, -0.2) is 5.91 Å². The number of hydrogen-bond donors (Lipinski definition) is 2. The van der Waals surface area contributed by atoms with Gasteiger partial charge in [-0.2, -0.15) is 0 Å². The van der Waals surface area contributed by atoms with Crippen molar-refractivity contribution >= 4 is 17.3 Å². The minimum atomic E-state index is 0.0465. The number of benzene rings is 1. The monoisotopic (exact) mass is 248 g/mol. The number of aryl methyl sites for hydroxylation is 1. The quantitative estimate of drug-likeness (QED) is 0.781. The highest BCUT2D eigenvalue weighted by Crippen LogP contribution is 2.26. The highest BCUT2D eigenvalue weighted by molar-refractivity contribution is 5.94. The van der Waals surface area contributed by atoms with Crippen molar-refractivity contribution in [3.63, 3.8) is 0 Å². The number of carbonyl (C=O) groups is 1. The van der Waals surface area contributed by atoms with E-state index in [1.54, 1.807) is 0 Å². The van der Waals surface area contributed by atoms with Crippen molar-refractivity contribution in [1.82, 2.24) is 0 Å². The molecule has 1 unspecified atom stereocenters. The molecule has 0 bridgehead atoms. The molecule has 1 rings (SSSR count). The van der Waals surface area contributed by atoms with Gasteiger partial charge in [-0.3, -0.25) is 4.79 Å². The molecular formula is C15H24N2O. The van der Waals surface area contributed by atoms with E-state index in [4.69, 9.17) is 5.73 Å². The van der Waals surface area contributed by atoms with Crippen LogP contribution >= 0.6 is 0 Å². The number of anilines is 2. The topological polar surface area (TPSA) is 55.1 Å². The van der Waals surface area contributed by atoms with E-state index in [1.165, 1.54) is 0 Å². The molecular weight excluding hydrogens is 224 g/mol. The number of unbranched alkanes of at least 4 members (excludes halogenated alkanes) is 1. The number of carbonyl (C=O) groups excluding carboxylic acids is 1. The zero-order valence-electron chi connectivity index (χ0n) is 11.8. The van der Waals surface area contributed by atoms with Crippen LogP contribution in [0.5, 0.6) is 0 Å². The molecule has 0 heterocycles. The zero-order chi connectivity index (χ0) is 13.7. The van der Waals surface area contributed by atoms with Crippen molar-refractivity contribution in [3.05, 3.63) is 23.3 Å². The molecule has 0 aromatic heterocycles. The predicted octanol–water partition coefficient (Wildman–Crippen LogP) is 3.65. The molecule has 0 aliphatic heterocycles. The van der Waals surface area contributed by atoms with Gasteiger partial charge in [0.15, 0.2) is 0 Å². The first-order valence-electron chi connectivity index (χ1n) is 6.63. The highest BCUT2D eigenvalue weighted by atomic mass is 16.1. The van der Waals surface area contributed by atoms with Gasteiger partial charge < -0.3 is 11.1 Å². The molecule has 3 heteroatoms. The van der Waals surface area contributed by atoms with E-state index >= 15 is 0 Å². The van der Waals surface area contributed by atoms with Crippen molar-refractivity contribution < 1.29 is 4.79 Å². The Kier molecular flexibility index (Phi) is 5.20. The second kappa shape index (κ2) is 6.43. The Morgan fingerprint density at radius 1 is 1.39 bits per heavy atom. The summed E-state index contributed by atoms with van der Waals surface area (Å²) in [5, 5.41) is 3.01. The minimum absolute atomic E-state index is 0.0465. The molecule has 3 nitrogen and oxygen atoms in total. The van der Waals surface area contributed by atoms with Crippen LogP contribution in [0, 0.1) is 19.8 Å². The molecule has 0 fully saturated rings. The van der Waals surface area contributed by atoms with E-state index in [2.05, 4.69) is 12.2 Å². The first-order chi connectivity index (χ1) is 8.47. The van der Waals surface area contributed by atoms with Gasteiger partial charge in [-0.15, -0.1) is 0 Å². The Morgan fingerprint density at radius 3 is 2.67 bits per heavy atom. The first kappa shape index (κ1) is 14.6. The summed E-state index contributed by atoms with van der Waals surface area (Å²) in [5.41, 5.74) is 9.46. The lowest BCUT2D eigenvalue weighted by atomic mass is 10.0. The third-order valence-corrected chi connectivity index (χ3v) is 3.40. The summed E-state index contributed by atoms with van der Waals surface area (Å²) >= 11 is 0. The van der Waals surface area contributed by atoms with Crippen molar-refractivity contribution in [2.75, 3.05) is 11.1 Å². The largest absolute Gasteiger partial charge is 0.398 e.